The average Bonchev–Trinajstić information content (AvgIpc) is 2.02. The van der Waals surface area contributed by atoms with Crippen molar-refractivity contribution in [2.75, 3.05) is 6.54 Å². The van der Waals surface area contributed by atoms with Crippen molar-refractivity contribution in [3.8, 4) is 0 Å². The van der Waals surface area contributed by atoms with E-state index in [2.05, 4.69) is 4.99 Å². The predicted molar refractivity (Wildman–Crippen MR) is 51.5 cm³/mol. The summed E-state index contributed by atoms with van der Waals surface area (Å²) in [4.78, 5) is 14.0. The van der Waals surface area contributed by atoms with Crippen LogP contribution in [-0.2, 0) is 4.79 Å². The van der Waals surface area contributed by atoms with E-state index in [0.717, 1.165) is 0 Å². The van der Waals surface area contributed by atoms with Crippen LogP contribution in [-0.4, -0.2) is 40.8 Å². The largest absolute Gasteiger partial charge is 0.480 e. The van der Waals surface area contributed by atoms with Gasteiger partial charge in [0.25, 0.3) is 0 Å². The first-order valence-corrected chi connectivity index (χ1v) is 4.15. The molecule has 0 aliphatic carbocycles. The van der Waals surface area contributed by atoms with Gasteiger partial charge in [0.15, 0.2) is 5.96 Å². The molecule has 2 atom stereocenters. The van der Waals surface area contributed by atoms with Gasteiger partial charge in [0.2, 0.25) is 0 Å². The number of carboxylic acid groups (broad SMARTS) is 1. The highest BCUT2D eigenvalue weighted by atomic mass is 16.4. The third-order valence-electron chi connectivity index (χ3n) is 1.60. The molecule has 0 aromatic rings. The second-order valence-corrected chi connectivity index (χ2v) is 2.93. The van der Waals surface area contributed by atoms with Crippen molar-refractivity contribution in [3.63, 3.8) is 0 Å². The number of carboxylic acids is 1. The highest BCUT2D eigenvalue weighted by Crippen LogP contribution is 2.01. The lowest BCUT2D eigenvalue weighted by Gasteiger charge is -2.11. The maximum absolute atomic E-state index is 10.3. The molecule has 0 aliphatic heterocycles. The third kappa shape index (κ3) is 6.21. The molecule has 0 radical (unpaired) electrons. The Hall–Kier alpha value is -1.34. The smallest absolute Gasteiger partial charge is 0.320 e. The number of hydrogen-bond acceptors (Lipinski definition) is 4. The van der Waals surface area contributed by atoms with Crippen molar-refractivity contribution >= 4 is 11.9 Å². The van der Waals surface area contributed by atoms with Crippen molar-refractivity contribution in [1.29, 1.82) is 0 Å². The van der Waals surface area contributed by atoms with Crippen molar-refractivity contribution in [3.05, 3.63) is 0 Å². The second kappa shape index (κ2) is 6.17. The van der Waals surface area contributed by atoms with E-state index in [1.165, 1.54) is 0 Å². The summed E-state index contributed by atoms with van der Waals surface area (Å²) in [6, 6.07) is -1.05. The first-order valence-electron chi connectivity index (χ1n) is 4.15. The molecule has 0 heterocycles. The number of hydrogen-bond donors (Lipinski definition) is 5. The molecule has 8 N–H and O–H groups in total. The van der Waals surface area contributed by atoms with E-state index >= 15 is 0 Å². The van der Waals surface area contributed by atoms with E-state index in [1.54, 1.807) is 0 Å². The van der Waals surface area contributed by atoms with Crippen LogP contribution in [0.2, 0.25) is 0 Å². The summed E-state index contributed by atoms with van der Waals surface area (Å²) < 4.78 is 0. The number of nitrogens with two attached hydrogens (primary N) is 3. The Morgan fingerprint density at radius 1 is 1.43 bits per heavy atom. The lowest BCUT2D eigenvalue weighted by Crippen LogP contribution is -2.34. The van der Waals surface area contributed by atoms with E-state index in [-0.39, 0.29) is 18.9 Å². The van der Waals surface area contributed by atoms with Gasteiger partial charge in [-0.3, -0.25) is 9.79 Å². The Morgan fingerprint density at radius 3 is 2.43 bits per heavy atom. The normalized spacial score (nSPS) is 14.4. The molecule has 0 aromatic heterocycles. The van der Waals surface area contributed by atoms with E-state index < -0.39 is 18.1 Å². The second-order valence-electron chi connectivity index (χ2n) is 2.93. The maximum atomic E-state index is 10.3. The quantitative estimate of drug-likeness (QED) is 0.245. The first kappa shape index (κ1) is 12.7. The highest BCUT2D eigenvalue weighted by Gasteiger charge is 2.16. The molecule has 0 rings (SSSR count). The van der Waals surface area contributed by atoms with Gasteiger partial charge in [-0.15, -0.1) is 0 Å². The van der Waals surface area contributed by atoms with Gasteiger partial charge in [-0.05, 0) is 12.8 Å². The lowest BCUT2D eigenvalue weighted by molar-refractivity contribution is -0.139. The van der Waals surface area contributed by atoms with Crippen molar-refractivity contribution in [2.45, 2.75) is 25.0 Å². The van der Waals surface area contributed by atoms with Crippen LogP contribution in [0, 0.1) is 0 Å². The van der Waals surface area contributed by atoms with Gasteiger partial charge in [-0.25, -0.2) is 0 Å². The fourth-order valence-corrected chi connectivity index (χ4v) is 0.854. The fourth-order valence-electron chi connectivity index (χ4n) is 0.854. The van der Waals surface area contributed by atoms with E-state index in [4.69, 9.17) is 22.3 Å². The Labute approximate surface area is 81.6 Å². The summed E-state index contributed by atoms with van der Waals surface area (Å²) in [6.07, 6.45) is -0.516. The SMILES string of the molecule is NC(N)=NCC[C@@H](O)C[C@@H](N)C(=O)O. The molecular formula is C7H16N4O3. The minimum absolute atomic E-state index is 0.00463. The summed E-state index contributed by atoms with van der Waals surface area (Å²) in [7, 11) is 0. The number of carbonyl (C=O) groups is 1. The van der Waals surface area contributed by atoms with Gasteiger partial charge in [0.1, 0.15) is 6.04 Å². The molecule has 0 saturated carbocycles. The van der Waals surface area contributed by atoms with Gasteiger partial charge in [0, 0.05) is 6.54 Å². The zero-order chi connectivity index (χ0) is 11.1. The number of guanidine groups is 1. The van der Waals surface area contributed by atoms with Crippen LogP contribution in [0.25, 0.3) is 0 Å². The standard InChI is InChI=1S/C7H16N4O3/c8-5(6(13)14)3-4(12)1-2-11-7(9)10/h4-5,12H,1-3,8H2,(H,13,14)(H4,9,10,11)/t4-,5-/m1/s1. The Bertz CT molecular complexity index is 215. The van der Waals surface area contributed by atoms with Crippen LogP contribution in [0.3, 0.4) is 0 Å². The molecular weight excluding hydrogens is 188 g/mol. The number of aliphatic hydroxyl groups excluding tert-OH is 1. The Balaban J connectivity index is 3.70. The van der Waals surface area contributed by atoms with Crippen LogP contribution in [0.5, 0.6) is 0 Å². The van der Waals surface area contributed by atoms with Gasteiger partial charge >= 0.3 is 5.97 Å². The Morgan fingerprint density at radius 2 is 2.00 bits per heavy atom. The van der Waals surface area contributed by atoms with Crippen LogP contribution < -0.4 is 17.2 Å². The van der Waals surface area contributed by atoms with Crippen LogP contribution >= 0.6 is 0 Å². The molecule has 14 heavy (non-hydrogen) atoms. The molecule has 0 spiro atoms. The number of rotatable bonds is 6. The lowest BCUT2D eigenvalue weighted by atomic mass is 10.1. The monoisotopic (exact) mass is 204 g/mol. The van der Waals surface area contributed by atoms with E-state index in [1.807, 2.05) is 0 Å². The summed E-state index contributed by atoms with van der Waals surface area (Å²) >= 11 is 0. The van der Waals surface area contributed by atoms with Gasteiger partial charge < -0.3 is 27.4 Å². The van der Waals surface area contributed by atoms with Gasteiger partial charge in [-0.1, -0.05) is 0 Å². The maximum Gasteiger partial charge on any atom is 0.320 e. The number of aliphatic hydroxyl groups is 1. The molecule has 7 nitrogen and oxygen atoms in total. The molecule has 0 fully saturated rings. The highest BCUT2D eigenvalue weighted by molar-refractivity contribution is 5.75. The molecule has 0 aliphatic rings. The Kier molecular flexibility index (Phi) is 5.58. The van der Waals surface area contributed by atoms with Gasteiger partial charge in [-0.2, -0.15) is 0 Å². The molecule has 0 saturated heterocycles. The fraction of sp³-hybridized carbons (Fsp3) is 0.714. The number of aliphatic carboxylic acids is 1. The number of aliphatic imine (C=N–C) groups is 1. The van der Waals surface area contributed by atoms with Crippen LogP contribution in [0.4, 0.5) is 0 Å². The summed E-state index contributed by atoms with van der Waals surface area (Å²) in [5, 5.41) is 17.7. The minimum atomic E-state index is -1.13. The van der Waals surface area contributed by atoms with Crippen LogP contribution in [0.15, 0.2) is 4.99 Å². The van der Waals surface area contributed by atoms with Crippen molar-refractivity contribution in [1.82, 2.24) is 0 Å². The summed E-state index contributed by atoms with van der Waals surface area (Å²) in [5.74, 6) is -1.19. The van der Waals surface area contributed by atoms with E-state index in [9.17, 15) is 9.90 Å². The zero-order valence-corrected chi connectivity index (χ0v) is 7.76. The number of nitrogens with zero attached hydrogens (tertiary/aromatic N) is 1. The van der Waals surface area contributed by atoms with Crippen LogP contribution in [0.1, 0.15) is 12.8 Å². The molecule has 0 aromatic carbocycles. The first-order chi connectivity index (χ1) is 6.43. The molecule has 0 amide bonds. The molecule has 0 bridgehead atoms. The molecule has 82 valence electrons. The third-order valence-corrected chi connectivity index (χ3v) is 1.60. The topological polar surface area (TPSA) is 148 Å². The van der Waals surface area contributed by atoms with Gasteiger partial charge in [0.05, 0.1) is 6.10 Å². The minimum Gasteiger partial charge on any atom is -0.480 e. The predicted octanol–water partition coefficient (Wildman–Crippen LogP) is -2.19. The van der Waals surface area contributed by atoms with Crippen molar-refractivity contribution in [2.24, 2.45) is 22.2 Å². The summed E-state index contributed by atoms with van der Waals surface area (Å²) in [5.41, 5.74) is 15.3. The average molecular weight is 204 g/mol. The summed E-state index contributed by atoms with van der Waals surface area (Å²) in [6.45, 7) is 0.260. The zero-order valence-electron chi connectivity index (χ0n) is 7.76. The van der Waals surface area contributed by atoms with E-state index in [0.29, 0.717) is 6.42 Å². The van der Waals surface area contributed by atoms with Crippen molar-refractivity contribution < 1.29 is 15.0 Å². The molecule has 0 unspecified atom stereocenters. The molecule has 7 heteroatoms.